The third-order valence-corrected chi connectivity index (χ3v) is 3.09. The SMILES string of the molecule is NC(=N[C@H]1CCNC1)c1ccc(OCCC(=O)O)cc1. The lowest BCUT2D eigenvalue weighted by Gasteiger charge is -2.07. The summed E-state index contributed by atoms with van der Waals surface area (Å²) in [5.74, 6) is 0.282. The van der Waals surface area contributed by atoms with Crippen molar-refractivity contribution in [1.82, 2.24) is 5.32 Å². The van der Waals surface area contributed by atoms with Crippen molar-refractivity contribution < 1.29 is 14.6 Å². The second kappa shape index (κ2) is 6.91. The van der Waals surface area contributed by atoms with E-state index in [1.165, 1.54) is 0 Å². The lowest BCUT2D eigenvalue weighted by atomic mass is 10.2. The van der Waals surface area contributed by atoms with Crippen LogP contribution < -0.4 is 15.8 Å². The highest BCUT2D eigenvalue weighted by atomic mass is 16.5. The van der Waals surface area contributed by atoms with Crippen molar-refractivity contribution in [3.63, 3.8) is 0 Å². The number of nitrogens with zero attached hydrogens (tertiary/aromatic N) is 1. The molecule has 0 bridgehead atoms. The molecule has 0 saturated carbocycles. The molecular formula is C14H19N3O3. The van der Waals surface area contributed by atoms with Crippen LogP contribution in [0.1, 0.15) is 18.4 Å². The number of aliphatic carboxylic acids is 1. The van der Waals surface area contributed by atoms with Crippen molar-refractivity contribution in [2.75, 3.05) is 19.7 Å². The molecule has 0 unspecified atom stereocenters. The lowest BCUT2D eigenvalue weighted by molar-refractivity contribution is -0.137. The first-order chi connectivity index (χ1) is 9.65. The maximum absolute atomic E-state index is 10.4. The van der Waals surface area contributed by atoms with Crippen molar-refractivity contribution in [2.24, 2.45) is 10.7 Å². The van der Waals surface area contributed by atoms with E-state index < -0.39 is 5.97 Å². The van der Waals surface area contributed by atoms with Crippen LogP contribution in [0.15, 0.2) is 29.3 Å². The molecule has 1 fully saturated rings. The average Bonchev–Trinajstić information content (AvgIpc) is 2.92. The van der Waals surface area contributed by atoms with Crippen LogP contribution in [0.3, 0.4) is 0 Å². The largest absolute Gasteiger partial charge is 0.493 e. The van der Waals surface area contributed by atoms with Gasteiger partial charge in [-0.25, -0.2) is 0 Å². The first-order valence-corrected chi connectivity index (χ1v) is 6.64. The zero-order chi connectivity index (χ0) is 14.4. The van der Waals surface area contributed by atoms with Gasteiger partial charge in [0.2, 0.25) is 0 Å². The summed E-state index contributed by atoms with van der Waals surface area (Å²) in [5, 5.41) is 11.8. The molecular weight excluding hydrogens is 258 g/mol. The normalized spacial score (nSPS) is 19.0. The lowest BCUT2D eigenvalue weighted by Crippen LogP contribution is -2.19. The van der Waals surface area contributed by atoms with E-state index in [4.69, 9.17) is 15.6 Å². The highest BCUT2D eigenvalue weighted by molar-refractivity contribution is 5.97. The summed E-state index contributed by atoms with van der Waals surface area (Å²) in [6.07, 6.45) is 0.997. The Hall–Kier alpha value is -2.08. The van der Waals surface area contributed by atoms with Gasteiger partial charge in [0.1, 0.15) is 11.6 Å². The fourth-order valence-electron chi connectivity index (χ4n) is 2.00. The molecule has 0 aromatic heterocycles. The molecule has 0 amide bonds. The van der Waals surface area contributed by atoms with Crippen LogP contribution in [0, 0.1) is 0 Å². The van der Waals surface area contributed by atoms with E-state index >= 15 is 0 Å². The summed E-state index contributed by atoms with van der Waals surface area (Å²) in [5.41, 5.74) is 6.82. The fraction of sp³-hybridized carbons (Fsp3) is 0.429. The molecule has 108 valence electrons. The molecule has 1 aliphatic heterocycles. The van der Waals surface area contributed by atoms with Crippen molar-refractivity contribution in [1.29, 1.82) is 0 Å². The Morgan fingerprint density at radius 1 is 1.45 bits per heavy atom. The van der Waals surface area contributed by atoms with Gasteiger partial charge in [0, 0.05) is 12.1 Å². The van der Waals surface area contributed by atoms with Crippen LogP contribution in [0.4, 0.5) is 0 Å². The summed E-state index contributed by atoms with van der Waals surface area (Å²) >= 11 is 0. The van der Waals surface area contributed by atoms with Gasteiger partial charge in [-0.3, -0.25) is 9.79 Å². The number of ether oxygens (including phenoxy) is 1. The maximum atomic E-state index is 10.4. The van der Waals surface area contributed by atoms with Gasteiger partial charge in [-0.2, -0.15) is 0 Å². The molecule has 1 atom stereocenters. The van der Waals surface area contributed by atoms with Crippen molar-refractivity contribution in [3.8, 4) is 5.75 Å². The first-order valence-electron chi connectivity index (χ1n) is 6.64. The van der Waals surface area contributed by atoms with Crippen molar-refractivity contribution in [3.05, 3.63) is 29.8 Å². The monoisotopic (exact) mass is 277 g/mol. The van der Waals surface area contributed by atoms with E-state index in [-0.39, 0.29) is 19.1 Å². The second-order valence-electron chi connectivity index (χ2n) is 4.68. The molecule has 2 rings (SSSR count). The van der Waals surface area contributed by atoms with Crippen LogP contribution >= 0.6 is 0 Å². The van der Waals surface area contributed by atoms with Gasteiger partial charge >= 0.3 is 5.97 Å². The molecule has 1 aromatic rings. The Bertz CT molecular complexity index is 479. The number of hydrogen-bond donors (Lipinski definition) is 3. The highest BCUT2D eigenvalue weighted by Crippen LogP contribution is 2.13. The Morgan fingerprint density at radius 3 is 2.80 bits per heavy atom. The molecule has 1 aromatic carbocycles. The third kappa shape index (κ3) is 4.24. The van der Waals surface area contributed by atoms with E-state index in [2.05, 4.69) is 10.3 Å². The number of aliphatic imine (C=N–C) groups is 1. The summed E-state index contributed by atoms with van der Waals surface area (Å²) in [4.78, 5) is 14.9. The average molecular weight is 277 g/mol. The Balaban J connectivity index is 1.91. The number of carboxylic acid groups (broad SMARTS) is 1. The molecule has 6 nitrogen and oxygen atoms in total. The van der Waals surface area contributed by atoms with Crippen LogP contribution in [-0.2, 0) is 4.79 Å². The third-order valence-electron chi connectivity index (χ3n) is 3.09. The number of rotatable bonds is 6. The number of benzene rings is 1. The quantitative estimate of drug-likeness (QED) is 0.523. The topological polar surface area (TPSA) is 96.9 Å². The molecule has 0 spiro atoms. The van der Waals surface area contributed by atoms with Gasteiger partial charge in [-0.1, -0.05) is 0 Å². The van der Waals surface area contributed by atoms with Crippen LogP contribution in [0.25, 0.3) is 0 Å². The zero-order valence-electron chi connectivity index (χ0n) is 11.2. The smallest absolute Gasteiger partial charge is 0.306 e. The minimum atomic E-state index is -0.872. The number of hydrogen-bond acceptors (Lipinski definition) is 4. The van der Waals surface area contributed by atoms with Gasteiger partial charge in [0.25, 0.3) is 0 Å². The van der Waals surface area contributed by atoms with E-state index in [1.807, 2.05) is 12.1 Å². The summed E-state index contributed by atoms with van der Waals surface area (Å²) in [7, 11) is 0. The molecule has 6 heteroatoms. The Labute approximate surface area is 117 Å². The van der Waals surface area contributed by atoms with Gasteiger partial charge in [0.05, 0.1) is 19.1 Å². The van der Waals surface area contributed by atoms with Crippen molar-refractivity contribution in [2.45, 2.75) is 18.9 Å². The molecule has 1 saturated heterocycles. The number of carbonyl (C=O) groups is 1. The van der Waals surface area contributed by atoms with Crippen LogP contribution in [0.2, 0.25) is 0 Å². The van der Waals surface area contributed by atoms with E-state index in [0.29, 0.717) is 11.6 Å². The van der Waals surface area contributed by atoms with Crippen LogP contribution in [-0.4, -0.2) is 42.6 Å². The van der Waals surface area contributed by atoms with Crippen LogP contribution in [0.5, 0.6) is 5.75 Å². The fourth-order valence-corrected chi connectivity index (χ4v) is 2.00. The molecule has 1 heterocycles. The molecule has 20 heavy (non-hydrogen) atoms. The number of nitrogens with two attached hydrogens (primary N) is 1. The van der Waals surface area contributed by atoms with E-state index in [1.54, 1.807) is 12.1 Å². The predicted molar refractivity (Wildman–Crippen MR) is 76.2 cm³/mol. The zero-order valence-corrected chi connectivity index (χ0v) is 11.2. The highest BCUT2D eigenvalue weighted by Gasteiger charge is 2.13. The standard InChI is InChI=1S/C14H19N3O3/c15-14(17-11-5-7-16-9-11)10-1-3-12(4-2-10)20-8-6-13(18)19/h1-4,11,16H,5-9H2,(H2,15,17)(H,18,19)/t11-/m0/s1. The summed E-state index contributed by atoms with van der Waals surface area (Å²) in [6, 6.07) is 7.45. The molecule has 4 N–H and O–H groups in total. The van der Waals surface area contributed by atoms with Crippen molar-refractivity contribution >= 4 is 11.8 Å². The minimum Gasteiger partial charge on any atom is -0.493 e. The van der Waals surface area contributed by atoms with Gasteiger partial charge in [-0.05, 0) is 37.2 Å². The molecule has 1 aliphatic rings. The Morgan fingerprint density at radius 2 is 2.20 bits per heavy atom. The second-order valence-corrected chi connectivity index (χ2v) is 4.68. The van der Waals surface area contributed by atoms with Gasteiger partial charge in [-0.15, -0.1) is 0 Å². The van der Waals surface area contributed by atoms with Gasteiger partial charge < -0.3 is 20.9 Å². The van der Waals surface area contributed by atoms with E-state index in [9.17, 15) is 4.79 Å². The minimum absolute atomic E-state index is 0.0139. The molecule has 0 aliphatic carbocycles. The summed E-state index contributed by atoms with van der Waals surface area (Å²) < 4.78 is 5.31. The number of amidine groups is 1. The predicted octanol–water partition coefficient (Wildman–Crippen LogP) is 0.607. The van der Waals surface area contributed by atoms with E-state index in [0.717, 1.165) is 25.1 Å². The Kier molecular flexibility index (Phi) is 4.95. The number of carboxylic acids is 1. The molecule has 0 radical (unpaired) electrons. The van der Waals surface area contributed by atoms with Gasteiger partial charge in [0.15, 0.2) is 0 Å². The first kappa shape index (κ1) is 14.3. The summed E-state index contributed by atoms with van der Waals surface area (Å²) in [6.45, 7) is 2.01. The number of nitrogens with one attached hydrogen (secondary N) is 1. The maximum Gasteiger partial charge on any atom is 0.306 e.